The van der Waals surface area contributed by atoms with E-state index >= 15 is 0 Å². The van der Waals surface area contributed by atoms with Gasteiger partial charge in [-0.2, -0.15) is 0 Å². The van der Waals surface area contributed by atoms with Crippen molar-refractivity contribution >= 4 is 6.09 Å². The van der Waals surface area contributed by atoms with Gasteiger partial charge in [0.15, 0.2) is 0 Å². The lowest BCUT2D eigenvalue weighted by atomic mass is 10.1. The van der Waals surface area contributed by atoms with Crippen molar-refractivity contribution in [2.75, 3.05) is 40.0 Å². The quantitative estimate of drug-likeness (QED) is 0.0475. The average molecular weight is 702 g/mol. The minimum absolute atomic E-state index is 0.124. The van der Waals surface area contributed by atoms with Crippen molar-refractivity contribution in [3.05, 3.63) is 48.6 Å². The van der Waals surface area contributed by atoms with Crippen molar-refractivity contribution in [1.29, 1.82) is 0 Å². The molecule has 292 valence electrons. The second-order valence-electron chi connectivity index (χ2n) is 14.1. The zero-order chi connectivity index (χ0) is 36.4. The van der Waals surface area contributed by atoms with E-state index in [9.17, 15) is 4.79 Å². The molecule has 0 aliphatic rings. The van der Waals surface area contributed by atoms with Crippen molar-refractivity contribution in [3.8, 4) is 0 Å². The van der Waals surface area contributed by atoms with Gasteiger partial charge in [-0.3, -0.25) is 0 Å². The zero-order valence-corrected chi connectivity index (χ0v) is 33.7. The Hall–Kier alpha value is -1.85. The predicted molar refractivity (Wildman–Crippen MR) is 218 cm³/mol. The third-order valence-electron chi connectivity index (χ3n) is 9.00. The molecule has 0 saturated heterocycles. The molecule has 5 heteroatoms. The highest BCUT2D eigenvalue weighted by atomic mass is 16.6. The van der Waals surface area contributed by atoms with Crippen LogP contribution in [0.4, 0.5) is 4.79 Å². The number of hydrogen-bond acceptors (Lipinski definition) is 4. The van der Waals surface area contributed by atoms with Gasteiger partial charge >= 0.3 is 6.09 Å². The van der Waals surface area contributed by atoms with Crippen LogP contribution in [0.1, 0.15) is 188 Å². The van der Waals surface area contributed by atoms with E-state index in [-0.39, 0.29) is 12.2 Å². The average Bonchev–Trinajstić information content (AvgIpc) is 3.12. The summed E-state index contributed by atoms with van der Waals surface area (Å²) in [4.78, 5) is 14.1. The molecule has 0 saturated carbocycles. The number of unbranched alkanes of at least 4 members (excludes halogenated alkanes) is 19. The van der Waals surface area contributed by atoms with Gasteiger partial charge in [-0.25, -0.2) is 4.79 Å². The van der Waals surface area contributed by atoms with Crippen LogP contribution in [0.15, 0.2) is 48.6 Å². The normalized spacial score (nSPS) is 12.7. The third-order valence-corrected chi connectivity index (χ3v) is 9.00. The van der Waals surface area contributed by atoms with E-state index in [0.717, 1.165) is 45.1 Å². The van der Waals surface area contributed by atoms with E-state index in [0.29, 0.717) is 26.4 Å². The Labute approximate surface area is 311 Å². The molecule has 5 nitrogen and oxygen atoms in total. The van der Waals surface area contributed by atoms with Crippen LogP contribution in [0.3, 0.4) is 0 Å². The monoisotopic (exact) mass is 702 g/mol. The Bertz CT molecular complexity index is 805. The van der Waals surface area contributed by atoms with Crippen LogP contribution in [0.25, 0.3) is 0 Å². The molecule has 0 rings (SSSR count). The van der Waals surface area contributed by atoms with Crippen molar-refractivity contribution in [2.24, 2.45) is 0 Å². The zero-order valence-electron chi connectivity index (χ0n) is 33.7. The van der Waals surface area contributed by atoms with Crippen LogP contribution in [0.2, 0.25) is 0 Å². The van der Waals surface area contributed by atoms with E-state index < -0.39 is 0 Å². The van der Waals surface area contributed by atoms with Crippen LogP contribution < -0.4 is 0 Å². The molecular formula is C45H83NO4. The standard InChI is InChI=1S/C45H83NO4/c1-5-8-11-13-15-17-19-21-23-25-27-29-31-33-35-37-39-48-43-44(42-46(4)45(47)50-40-10-7-3)49-41-38-36-34-32-30-28-26-24-22-20-18-16-14-12-9-6-2/h15-18,21-24,44H,5-14,19-20,25-43H2,1-4H3/b17-15-,18-16-,23-21-,24-22-. The smallest absolute Gasteiger partial charge is 0.409 e. The lowest BCUT2D eigenvalue weighted by molar-refractivity contribution is -0.0308. The van der Waals surface area contributed by atoms with Gasteiger partial charge in [-0.1, -0.05) is 153 Å². The van der Waals surface area contributed by atoms with Gasteiger partial charge in [0.1, 0.15) is 0 Å². The SMILES string of the molecule is CCCCC/C=C\C/C=C\CCCCCCCCOCC(CN(C)C(=O)OCCCC)OCCCCCCCC/C=C\C/C=C\CCCCC. The number of ether oxygens (including phenoxy) is 3. The number of nitrogens with zero attached hydrogens (tertiary/aromatic N) is 1. The van der Waals surface area contributed by atoms with Gasteiger partial charge in [0, 0.05) is 20.3 Å². The summed E-state index contributed by atoms with van der Waals surface area (Å²) in [7, 11) is 1.80. The van der Waals surface area contributed by atoms with Crippen molar-refractivity contribution in [2.45, 2.75) is 194 Å². The van der Waals surface area contributed by atoms with Crippen LogP contribution in [0.5, 0.6) is 0 Å². The Morgan fingerprint density at radius 1 is 0.500 bits per heavy atom. The van der Waals surface area contributed by atoms with Crippen molar-refractivity contribution in [3.63, 3.8) is 0 Å². The van der Waals surface area contributed by atoms with Gasteiger partial charge < -0.3 is 19.1 Å². The molecule has 1 amide bonds. The first kappa shape index (κ1) is 48.1. The first-order valence-corrected chi connectivity index (χ1v) is 21.3. The van der Waals surface area contributed by atoms with Crippen LogP contribution in [-0.4, -0.2) is 57.1 Å². The molecule has 0 aliphatic carbocycles. The molecule has 0 aromatic carbocycles. The van der Waals surface area contributed by atoms with Gasteiger partial charge in [-0.15, -0.1) is 0 Å². The number of rotatable bonds is 38. The molecule has 1 unspecified atom stereocenters. The second kappa shape index (κ2) is 41.6. The Morgan fingerprint density at radius 2 is 0.920 bits per heavy atom. The highest BCUT2D eigenvalue weighted by Gasteiger charge is 2.17. The van der Waals surface area contributed by atoms with Crippen molar-refractivity contribution in [1.82, 2.24) is 4.90 Å². The molecule has 0 heterocycles. The highest BCUT2D eigenvalue weighted by molar-refractivity contribution is 5.67. The van der Waals surface area contributed by atoms with E-state index in [1.165, 1.54) is 128 Å². The summed E-state index contributed by atoms with van der Waals surface area (Å²) in [6, 6.07) is 0. The summed E-state index contributed by atoms with van der Waals surface area (Å²) >= 11 is 0. The molecular weight excluding hydrogens is 618 g/mol. The van der Waals surface area contributed by atoms with Gasteiger partial charge in [-0.05, 0) is 83.5 Å². The molecule has 0 aromatic heterocycles. The second-order valence-corrected chi connectivity index (χ2v) is 14.1. The molecule has 0 fully saturated rings. The first-order valence-electron chi connectivity index (χ1n) is 21.3. The summed E-state index contributed by atoms with van der Waals surface area (Å²) in [5.41, 5.74) is 0. The molecule has 0 radical (unpaired) electrons. The lowest BCUT2D eigenvalue weighted by Gasteiger charge is -2.24. The summed E-state index contributed by atoms with van der Waals surface area (Å²) in [5, 5.41) is 0. The number of likely N-dealkylation sites (N-methyl/N-ethyl adjacent to an activating group) is 1. The molecule has 0 N–H and O–H groups in total. The minimum atomic E-state index is -0.272. The Kier molecular flexibility index (Phi) is 40.0. The summed E-state index contributed by atoms with van der Waals surface area (Å²) in [5.74, 6) is 0. The molecule has 0 aromatic rings. The molecule has 0 bridgehead atoms. The molecule has 0 spiro atoms. The largest absolute Gasteiger partial charge is 0.449 e. The Balaban J connectivity index is 4.05. The summed E-state index contributed by atoms with van der Waals surface area (Å²) in [6.07, 6.45) is 49.9. The third kappa shape index (κ3) is 37.4. The molecule has 0 aliphatic heterocycles. The first-order chi connectivity index (χ1) is 24.7. The summed E-state index contributed by atoms with van der Waals surface area (Å²) < 4.78 is 17.7. The van der Waals surface area contributed by atoms with E-state index in [2.05, 4.69) is 69.4 Å². The van der Waals surface area contributed by atoms with Gasteiger partial charge in [0.05, 0.1) is 25.9 Å². The van der Waals surface area contributed by atoms with Gasteiger partial charge in [0.25, 0.3) is 0 Å². The lowest BCUT2D eigenvalue weighted by Crippen LogP contribution is -2.38. The topological polar surface area (TPSA) is 48.0 Å². The fourth-order valence-corrected chi connectivity index (χ4v) is 5.69. The Morgan fingerprint density at radius 3 is 1.40 bits per heavy atom. The molecule has 50 heavy (non-hydrogen) atoms. The fraction of sp³-hybridized carbons (Fsp3) is 0.800. The van der Waals surface area contributed by atoms with Crippen LogP contribution in [-0.2, 0) is 14.2 Å². The maximum absolute atomic E-state index is 12.4. The van der Waals surface area contributed by atoms with E-state index in [4.69, 9.17) is 14.2 Å². The van der Waals surface area contributed by atoms with Crippen LogP contribution in [0, 0.1) is 0 Å². The summed E-state index contributed by atoms with van der Waals surface area (Å²) in [6.45, 7) is 9.57. The van der Waals surface area contributed by atoms with Crippen molar-refractivity contribution < 1.29 is 19.0 Å². The number of allylic oxidation sites excluding steroid dienone is 8. The maximum Gasteiger partial charge on any atom is 0.409 e. The van der Waals surface area contributed by atoms with Gasteiger partial charge in [0.2, 0.25) is 0 Å². The van der Waals surface area contributed by atoms with Crippen LogP contribution >= 0.6 is 0 Å². The maximum atomic E-state index is 12.4. The predicted octanol–water partition coefficient (Wildman–Crippen LogP) is 13.9. The van der Waals surface area contributed by atoms with E-state index in [1.54, 1.807) is 11.9 Å². The fourth-order valence-electron chi connectivity index (χ4n) is 5.69. The number of amides is 1. The molecule has 1 atom stereocenters. The number of hydrogen-bond donors (Lipinski definition) is 0. The highest BCUT2D eigenvalue weighted by Crippen LogP contribution is 2.11. The van der Waals surface area contributed by atoms with E-state index in [1.807, 2.05) is 0 Å². The number of carbonyl (C=O) groups excluding carboxylic acids is 1. The number of carbonyl (C=O) groups is 1. The minimum Gasteiger partial charge on any atom is -0.449 e.